The molecule has 106 valence electrons. The highest BCUT2D eigenvalue weighted by molar-refractivity contribution is 5.44. The molecule has 0 saturated heterocycles. The SMILES string of the molecule is CCCCCCNCCc1cccc([N+](=O)[O-])c1C. The summed E-state index contributed by atoms with van der Waals surface area (Å²) in [7, 11) is 0. The van der Waals surface area contributed by atoms with E-state index in [1.807, 2.05) is 13.0 Å². The first-order valence-electron chi connectivity index (χ1n) is 7.10. The summed E-state index contributed by atoms with van der Waals surface area (Å²) in [5, 5.41) is 14.2. The predicted octanol–water partition coefficient (Wildman–Crippen LogP) is 3.62. The molecule has 0 aliphatic heterocycles. The van der Waals surface area contributed by atoms with E-state index in [9.17, 15) is 10.1 Å². The summed E-state index contributed by atoms with van der Waals surface area (Å²) in [4.78, 5) is 10.5. The molecule has 0 bridgehead atoms. The van der Waals surface area contributed by atoms with E-state index in [4.69, 9.17) is 0 Å². The third kappa shape index (κ3) is 5.39. The van der Waals surface area contributed by atoms with Crippen LogP contribution in [-0.4, -0.2) is 18.0 Å². The average molecular weight is 264 g/mol. The van der Waals surface area contributed by atoms with E-state index in [1.165, 1.54) is 25.7 Å². The van der Waals surface area contributed by atoms with Crippen LogP contribution in [0, 0.1) is 17.0 Å². The van der Waals surface area contributed by atoms with Gasteiger partial charge < -0.3 is 5.32 Å². The molecule has 0 fully saturated rings. The van der Waals surface area contributed by atoms with Gasteiger partial charge in [0, 0.05) is 11.6 Å². The standard InChI is InChI=1S/C15H24N2O2/c1-3-4-5-6-11-16-12-10-14-8-7-9-15(13(14)2)17(18)19/h7-9,16H,3-6,10-12H2,1-2H3. The van der Waals surface area contributed by atoms with Gasteiger partial charge >= 0.3 is 0 Å². The van der Waals surface area contributed by atoms with E-state index in [0.29, 0.717) is 0 Å². The summed E-state index contributed by atoms with van der Waals surface area (Å²) in [5.74, 6) is 0. The van der Waals surface area contributed by atoms with E-state index in [2.05, 4.69) is 12.2 Å². The molecule has 0 aromatic heterocycles. The Kier molecular flexibility index (Phi) is 7.11. The Balaban J connectivity index is 2.33. The summed E-state index contributed by atoms with van der Waals surface area (Å²) < 4.78 is 0. The fraction of sp³-hybridized carbons (Fsp3) is 0.600. The first kappa shape index (κ1) is 15.6. The second-order valence-corrected chi connectivity index (χ2v) is 4.88. The van der Waals surface area contributed by atoms with Gasteiger partial charge in [-0.2, -0.15) is 0 Å². The van der Waals surface area contributed by atoms with Crippen LogP contribution in [0.4, 0.5) is 5.69 Å². The molecule has 1 rings (SSSR count). The number of hydrogen-bond donors (Lipinski definition) is 1. The first-order chi connectivity index (χ1) is 9.16. The first-order valence-corrected chi connectivity index (χ1v) is 7.10. The molecule has 0 aliphatic carbocycles. The van der Waals surface area contributed by atoms with E-state index in [0.717, 1.165) is 30.6 Å². The fourth-order valence-corrected chi connectivity index (χ4v) is 2.16. The van der Waals surface area contributed by atoms with Crippen molar-refractivity contribution in [2.45, 2.75) is 46.0 Å². The Morgan fingerprint density at radius 1 is 1.21 bits per heavy atom. The molecule has 0 heterocycles. The minimum atomic E-state index is -0.309. The zero-order valence-electron chi connectivity index (χ0n) is 11.9. The van der Waals surface area contributed by atoms with E-state index < -0.39 is 0 Å². The van der Waals surface area contributed by atoms with Crippen LogP contribution in [0.25, 0.3) is 0 Å². The Morgan fingerprint density at radius 2 is 2.00 bits per heavy atom. The molecule has 1 N–H and O–H groups in total. The van der Waals surface area contributed by atoms with Crippen molar-refractivity contribution in [3.63, 3.8) is 0 Å². The van der Waals surface area contributed by atoms with Crippen LogP contribution in [0.1, 0.15) is 43.7 Å². The van der Waals surface area contributed by atoms with E-state index in [-0.39, 0.29) is 10.6 Å². The smallest absolute Gasteiger partial charge is 0.272 e. The molecule has 4 heteroatoms. The number of unbranched alkanes of at least 4 members (excludes halogenated alkanes) is 3. The van der Waals surface area contributed by atoms with Crippen molar-refractivity contribution in [2.75, 3.05) is 13.1 Å². The molecule has 1 aromatic carbocycles. The number of nitro groups is 1. The lowest BCUT2D eigenvalue weighted by atomic mass is 10.0. The van der Waals surface area contributed by atoms with Crippen molar-refractivity contribution < 1.29 is 4.92 Å². The minimum Gasteiger partial charge on any atom is -0.316 e. The Morgan fingerprint density at radius 3 is 2.68 bits per heavy atom. The zero-order chi connectivity index (χ0) is 14.1. The van der Waals surface area contributed by atoms with Crippen LogP contribution in [0.3, 0.4) is 0 Å². The summed E-state index contributed by atoms with van der Waals surface area (Å²) >= 11 is 0. The van der Waals surface area contributed by atoms with Crippen LogP contribution in [-0.2, 0) is 6.42 Å². The number of benzene rings is 1. The number of hydrogen-bond acceptors (Lipinski definition) is 3. The highest BCUT2D eigenvalue weighted by atomic mass is 16.6. The van der Waals surface area contributed by atoms with Gasteiger partial charge in [-0.3, -0.25) is 10.1 Å². The van der Waals surface area contributed by atoms with Crippen LogP contribution < -0.4 is 5.32 Å². The van der Waals surface area contributed by atoms with Crippen molar-refractivity contribution in [2.24, 2.45) is 0 Å². The average Bonchev–Trinajstić information content (AvgIpc) is 2.39. The van der Waals surface area contributed by atoms with Gasteiger partial charge in [0.05, 0.1) is 4.92 Å². The second kappa shape index (κ2) is 8.64. The number of rotatable bonds is 9. The van der Waals surface area contributed by atoms with Crippen LogP contribution in [0.15, 0.2) is 18.2 Å². The van der Waals surface area contributed by atoms with Gasteiger partial charge in [-0.15, -0.1) is 0 Å². The molecule has 0 radical (unpaired) electrons. The van der Waals surface area contributed by atoms with Crippen molar-refractivity contribution in [3.05, 3.63) is 39.4 Å². The molecule has 0 saturated carbocycles. The summed E-state index contributed by atoms with van der Waals surface area (Å²) in [6.45, 7) is 5.95. The minimum absolute atomic E-state index is 0.223. The molecule has 0 atom stereocenters. The van der Waals surface area contributed by atoms with Gasteiger partial charge in [-0.1, -0.05) is 38.3 Å². The van der Waals surface area contributed by atoms with Crippen molar-refractivity contribution in [1.29, 1.82) is 0 Å². The van der Waals surface area contributed by atoms with Gasteiger partial charge in [0.2, 0.25) is 0 Å². The summed E-state index contributed by atoms with van der Waals surface area (Å²) in [6, 6.07) is 5.31. The van der Waals surface area contributed by atoms with Crippen molar-refractivity contribution in [1.82, 2.24) is 5.32 Å². The maximum absolute atomic E-state index is 10.8. The molecule has 0 amide bonds. The molecule has 0 aliphatic rings. The van der Waals surface area contributed by atoms with Crippen LogP contribution in [0.5, 0.6) is 0 Å². The maximum Gasteiger partial charge on any atom is 0.272 e. The molecule has 1 aromatic rings. The lowest BCUT2D eigenvalue weighted by Crippen LogP contribution is -2.18. The monoisotopic (exact) mass is 264 g/mol. The molecular formula is C15H24N2O2. The molecule has 0 spiro atoms. The van der Waals surface area contributed by atoms with Gasteiger partial charge in [0.15, 0.2) is 0 Å². The second-order valence-electron chi connectivity index (χ2n) is 4.88. The molecule has 4 nitrogen and oxygen atoms in total. The van der Waals surface area contributed by atoms with Crippen molar-refractivity contribution in [3.8, 4) is 0 Å². The number of nitrogens with zero attached hydrogens (tertiary/aromatic N) is 1. The lowest BCUT2D eigenvalue weighted by molar-refractivity contribution is -0.385. The van der Waals surface area contributed by atoms with E-state index >= 15 is 0 Å². The van der Waals surface area contributed by atoms with Gasteiger partial charge in [-0.05, 0) is 38.4 Å². The Hall–Kier alpha value is -1.42. The largest absolute Gasteiger partial charge is 0.316 e. The fourth-order valence-electron chi connectivity index (χ4n) is 2.16. The van der Waals surface area contributed by atoms with Gasteiger partial charge in [-0.25, -0.2) is 0 Å². The lowest BCUT2D eigenvalue weighted by Gasteiger charge is -2.07. The quantitative estimate of drug-likeness (QED) is 0.421. The van der Waals surface area contributed by atoms with Crippen LogP contribution in [0.2, 0.25) is 0 Å². The highest BCUT2D eigenvalue weighted by Crippen LogP contribution is 2.21. The number of nitrogens with one attached hydrogen (secondary N) is 1. The third-order valence-electron chi connectivity index (χ3n) is 3.39. The summed E-state index contributed by atoms with van der Waals surface area (Å²) in [6.07, 6.45) is 5.89. The summed E-state index contributed by atoms with van der Waals surface area (Å²) in [5.41, 5.74) is 2.08. The zero-order valence-corrected chi connectivity index (χ0v) is 11.9. The Bertz CT molecular complexity index is 405. The molecular weight excluding hydrogens is 240 g/mol. The Labute approximate surface area is 115 Å². The van der Waals surface area contributed by atoms with Crippen molar-refractivity contribution >= 4 is 5.69 Å². The normalized spacial score (nSPS) is 10.6. The number of nitro benzene ring substituents is 1. The predicted molar refractivity (Wildman–Crippen MR) is 78.5 cm³/mol. The maximum atomic E-state index is 10.8. The molecule has 0 unspecified atom stereocenters. The third-order valence-corrected chi connectivity index (χ3v) is 3.39. The van der Waals surface area contributed by atoms with Gasteiger partial charge in [0.25, 0.3) is 5.69 Å². The van der Waals surface area contributed by atoms with E-state index in [1.54, 1.807) is 12.1 Å². The van der Waals surface area contributed by atoms with Gasteiger partial charge in [0.1, 0.15) is 0 Å². The van der Waals surface area contributed by atoms with Crippen LogP contribution >= 0.6 is 0 Å². The molecule has 19 heavy (non-hydrogen) atoms. The topological polar surface area (TPSA) is 55.2 Å². The highest BCUT2D eigenvalue weighted by Gasteiger charge is 2.12.